The summed E-state index contributed by atoms with van der Waals surface area (Å²) in [4.78, 5) is 0. The lowest BCUT2D eigenvalue weighted by Gasteiger charge is -2.58. The molecule has 1 N–H and O–H groups in total. The van der Waals surface area contributed by atoms with Crippen LogP contribution in [0.5, 0.6) is 0 Å². The summed E-state index contributed by atoms with van der Waals surface area (Å²) in [6, 6.07) is 0. The van der Waals surface area contributed by atoms with E-state index in [2.05, 4.69) is 54.5 Å². The summed E-state index contributed by atoms with van der Waals surface area (Å²) in [5.41, 5.74) is 6.21. The molecule has 4 unspecified atom stereocenters. The summed E-state index contributed by atoms with van der Waals surface area (Å²) in [7, 11) is 0. The maximum atomic E-state index is 10.7. The highest BCUT2D eigenvalue weighted by atomic mass is 16.3. The van der Waals surface area contributed by atoms with Gasteiger partial charge in [-0.3, -0.25) is 0 Å². The molecule has 1 heteroatoms. The van der Waals surface area contributed by atoms with Gasteiger partial charge in [0.05, 0.1) is 6.10 Å². The Morgan fingerprint density at radius 2 is 1.77 bits per heavy atom. The van der Waals surface area contributed by atoms with Crippen molar-refractivity contribution in [1.29, 1.82) is 0 Å². The minimum atomic E-state index is -0.108. The molecule has 0 spiro atoms. The van der Waals surface area contributed by atoms with Crippen molar-refractivity contribution < 1.29 is 5.11 Å². The van der Waals surface area contributed by atoms with E-state index in [0.29, 0.717) is 16.7 Å². The Kier molecular flexibility index (Phi) is 5.87. The van der Waals surface area contributed by atoms with Crippen LogP contribution >= 0.6 is 0 Å². The number of hydrogen-bond donors (Lipinski definition) is 1. The van der Waals surface area contributed by atoms with Crippen molar-refractivity contribution in [2.24, 2.45) is 39.9 Å². The highest BCUT2D eigenvalue weighted by Gasteiger charge is 2.60. The Labute approximate surface area is 186 Å². The van der Waals surface area contributed by atoms with E-state index in [1.165, 1.54) is 63.4 Å². The van der Waals surface area contributed by atoms with Gasteiger partial charge < -0.3 is 5.11 Å². The average molecular weight is 413 g/mol. The molecule has 2 saturated carbocycles. The molecular formula is C29H48O. The van der Waals surface area contributed by atoms with Crippen LogP contribution in [-0.2, 0) is 0 Å². The zero-order valence-electron chi connectivity index (χ0n) is 21.0. The lowest BCUT2D eigenvalue weighted by molar-refractivity contribution is -0.0627. The largest absolute Gasteiger partial charge is 0.393 e. The molecule has 30 heavy (non-hydrogen) atoms. The fourth-order valence-electron chi connectivity index (χ4n) is 8.87. The summed E-state index contributed by atoms with van der Waals surface area (Å²) < 4.78 is 0. The van der Waals surface area contributed by atoms with Crippen LogP contribution in [0.2, 0.25) is 0 Å². The zero-order chi connectivity index (χ0) is 21.9. The van der Waals surface area contributed by atoms with Gasteiger partial charge in [0.1, 0.15) is 0 Å². The van der Waals surface area contributed by atoms with E-state index < -0.39 is 0 Å². The summed E-state index contributed by atoms with van der Waals surface area (Å²) in [5, 5.41) is 10.7. The van der Waals surface area contributed by atoms with Crippen molar-refractivity contribution in [2.75, 3.05) is 0 Å². The predicted molar refractivity (Wildman–Crippen MR) is 128 cm³/mol. The minimum absolute atomic E-state index is 0.0841. The molecule has 4 rings (SSSR count). The smallest absolute Gasteiger partial charge is 0.0594 e. The molecule has 0 aliphatic heterocycles. The molecule has 0 aromatic carbocycles. The molecule has 0 amide bonds. The number of hydrogen-bond acceptors (Lipinski definition) is 1. The quantitative estimate of drug-likeness (QED) is 0.462. The Hall–Kier alpha value is -0.560. The van der Waals surface area contributed by atoms with Crippen molar-refractivity contribution in [3.05, 3.63) is 22.8 Å². The van der Waals surface area contributed by atoms with Gasteiger partial charge in [-0.1, -0.05) is 57.4 Å². The lowest BCUT2D eigenvalue weighted by atomic mass is 9.47. The monoisotopic (exact) mass is 412 g/mol. The Morgan fingerprint density at radius 3 is 2.47 bits per heavy atom. The topological polar surface area (TPSA) is 20.2 Å². The van der Waals surface area contributed by atoms with E-state index in [1.54, 1.807) is 0 Å². The second kappa shape index (κ2) is 7.79. The summed E-state index contributed by atoms with van der Waals surface area (Å²) in [6.07, 6.45) is 15.3. The molecule has 0 aromatic heterocycles. The SMILES string of the molecule is CC(C)=CCCC(C)C1CC[C@@]2(C)C3=C(CC[C@]12C)[C@H]1CCC(O)C(C)(C)C1CC3. The third-order valence-corrected chi connectivity index (χ3v) is 11.1. The molecule has 170 valence electrons. The molecule has 7 atom stereocenters. The van der Waals surface area contributed by atoms with Gasteiger partial charge in [0.2, 0.25) is 0 Å². The van der Waals surface area contributed by atoms with Crippen LogP contribution in [0.4, 0.5) is 0 Å². The van der Waals surface area contributed by atoms with E-state index in [9.17, 15) is 5.11 Å². The van der Waals surface area contributed by atoms with Crippen LogP contribution in [0.3, 0.4) is 0 Å². The summed E-state index contributed by atoms with van der Waals surface area (Å²) in [6.45, 7) is 17.0. The van der Waals surface area contributed by atoms with Crippen LogP contribution in [0.15, 0.2) is 22.8 Å². The van der Waals surface area contributed by atoms with Gasteiger partial charge >= 0.3 is 0 Å². The van der Waals surface area contributed by atoms with Crippen LogP contribution in [0.25, 0.3) is 0 Å². The Morgan fingerprint density at radius 1 is 1.03 bits per heavy atom. The van der Waals surface area contributed by atoms with Crippen molar-refractivity contribution in [3.63, 3.8) is 0 Å². The first kappa shape index (κ1) is 22.6. The predicted octanol–water partition coefficient (Wildman–Crippen LogP) is 8.09. The second-order valence-electron chi connectivity index (χ2n) is 12.9. The number of aliphatic hydroxyl groups is 1. The first-order chi connectivity index (χ1) is 14.0. The molecule has 0 bridgehead atoms. The maximum Gasteiger partial charge on any atom is 0.0594 e. The van der Waals surface area contributed by atoms with Gasteiger partial charge in [0, 0.05) is 0 Å². The highest BCUT2D eigenvalue weighted by Crippen LogP contribution is 2.70. The van der Waals surface area contributed by atoms with Crippen molar-refractivity contribution in [1.82, 2.24) is 0 Å². The Bertz CT molecular complexity index is 723. The van der Waals surface area contributed by atoms with Crippen molar-refractivity contribution >= 4 is 0 Å². The number of allylic oxidation sites excluding steroid dienone is 4. The molecule has 4 aliphatic carbocycles. The summed E-state index contributed by atoms with van der Waals surface area (Å²) >= 11 is 0. The standard InChI is InChI=1S/C29H48O/c1-19(2)9-8-10-20(3)23-16-18-29(7)25-13-12-24-21(11-14-26(30)27(24,4)5)22(25)15-17-28(23,29)6/h9,20-21,23-24,26,30H,8,10-18H2,1-7H3/t20?,21-,23?,24?,26?,28-,29+/m1/s1. The van der Waals surface area contributed by atoms with Gasteiger partial charge in [0.25, 0.3) is 0 Å². The number of rotatable bonds is 4. The third-order valence-electron chi connectivity index (χ3n) is 11.1. The van der Waals surface area contributed by atoms with Crippen LogP contribution in [0, 0.1) is 39.9 Å². The lowest BCUT2D eigenvalue weighted by Crippen LogP contribution is -2.50. The molecule has 0 aromatic rings. The second-order valence-corrected chi connectivity index (χ2v) is 12.9. The van der Waals surface area contributed by atoms with Crippen LogP contribution < -0.4 is 0 Å². The zero-order valence-corrected chi connectivity index (χ0v) is 21.0. The van der Waals surface area contributed by atoms with Gasteiger partial charge in [-0.15, -0.1) is 0 Å². The number of aliphatic hydroxyl groups excluding tert-OH is 1. The van der Waals surface area contributed by atoms with E-state index in [0.717, 1.165) is 24.2 Å². The molecule has 0 saturated heterocycles. The van der Waals surface area contributed by atoms with E-state index in [4.69, 9.17) is 0 Å². The van der Waals surface area contributed by atoms with Gasteiger partial charge in [-0.25, -0.2) is 0 Å². The van der Waals surface area contributed by atoms with E-state index >= 15 is 0 Å². The van der Waals surface area contributed by atoms with E-state index in [-0.39, 0.29) is 11.5 Å². The molecule has 2 fully saturated rings. The van der Waals surface area contributed by atoms with Crippen LogP contribution in [0.1, 0.15) is 113 Å². The van der Waals surface area contributed by atoms with Gasteiger partial charge in [-0.2, -0.15) is 0 Å². The fraction of sp³-hybridized carbons (Fsp3) is 0.862. The molecule has 1 nitrogen and oxygen atoms in total. The fourth-order valence-corrected chi connectivity index (χ4v) is 8.87. The first-order valence-corrected chi connectivity index (χ1v) is 13.1. The normalized spacial score (nSPS) is 43.5. The highest BCUT2D eigenvalue weighted by molar-refractivity contribution is 5.36. The molecule has 4 aliphatic rings. The summed E-state index contributed by atoms with van der Waals surface area (Å²) in [5.74, 6) is 3.15. The Balaban J connectivity index is 1.60. The van der Waals surface area contributed by atoms with Gasteiger partial charge in [0.15, 0.2) is 0 Å². The average Bonchev–Trinajstić information content (AvgIpc) is 2.96. The number of fused-ring (bicyclic) bond motifs is 4. The van der Waals surface area contributed by atoms with Crippen molar-refractivity contribution in [3.8, 4) is 0 Å². The first-order valence-electron chi connectivity index (χ1n) is 13.1. The molecular weight excluding hydrogens is 364 g/mol. The van der Waals surface area contributed by atoms with Crippen molar-refractivity contribution in [2.45, 2.75) is 119 Å². The van der Waals surface area contributed by atoms with Gasteiger partial charge in [-0.05, 0) is 118 Å². The maximum absolute atomic E-state index is 10.7. The minimum Gasteiger partial charge on any atom is -0.393 e. The van der Waals surface area contributed by atoms with E-state index in [1.807, 2.05) is 11.1 Å². The molecule has 0 radical (unpaired) electrons. The third kappa shape index (κ3) is 3.28. The van der Waals surface area contributed by atoms with Crippen LogP contribution in [-0.4, -0.2) is 11.2 Å². The molecule has 0 heterocycles.